The number of aromatic nitrogens is 1. The van der Waals surface area contributed by atoms with Crippen molar-refractivity contribution in [3.05, 3.63) is 36.0 Å². The van der Waals surface area contributed by atoms with E-state index in [0.29, 0.717) is 24.0 Å². The minimum Gasteiger partial charge on any atom is -0.478 e. The highest BCUT2D eigenvalue weighted by Gasteiger charge is 2.40. The van der Waals surface area contributed by atoms with Gasteiger partial charge >= 0.3 is 5.97 Å². The lowest BCUT2D eigenvalue weighted by molar-refractivity contribution is 0.0644. The first-order valence-corrected chi connectivity index (χ1v) is 7.03. The fourth-order valence-corrected chi connectivity index (χ4v) is 3.08. The van der Waals surface area contributed by atoms with Gasteiger partial charge in [0, 0.05) is 42.2 Å². The third kappa shape index (κ3) is 2.61. The molecule has 1 aromatic heterocycles. The molecule has 1 fully saturated rings. The second-order valence-electron chi connectivity index (χ2n) is 6.13. The van der Waals surface area contributed by atoms with Gasteiger partial charge in [0.2, 0.25) is 6.43 Å². The zero-order valence-electron chi connectivity index (χ0n) is 12.1. The smallest absolute Gasteiger partial charge is 0.336 e. The molecule has 0 spiro atoms. The van der Waals surface area contributed by atoms with Gasteiger partial charge in [0.15, 0.2) is 0 Å². The number of carboxylic acid groups (broad SMARTS) is 1. The number of alkyl halides is 2. The van der Waals surface area contributed by atoms with Crippen molar-refractivity contribution in [2.45, 2.75) is 19.8 Å². The molecule has 0 radical (unpaired) electrons. The number of pyridine rings is 1. The summed E-state index contributed by atoms with van der Waals surface area (Å²) in [5, 5.41) is 9.81. The Bertz CT molecular complexity index is 727. The molecule has 2 aromatic rings. The summed E-state index contributed by atoms with van der Waals surface area (Å²) in [5.41, 5.74) is 1.27. The molecule has 1 aliphatic heterocycles. The van der Waals surface area contributed by atoms with Crippen molar-refractivity contribution in [1.29, 1.82) is 0 Å². The van der Waals surface area contributed by atoms with E-state index in [4.69, 9.17) is 0 Å². The normalized spacial score (nSPS) is 16.8. The number of carboxylic acids is 1. The average molecular weight is 306 g/mol. The maximum Gasteiger partial charge on any atom is 0.336 e. The summed E-state index contributed by atoms with van der Waals surface area (Å²) in [7, 11) is 0. The molecule has 0 saturated carbocycles. The maximum atomic E-state index is 12.5. The summed E-state index contributed by atoms with van der Waals surface area (Å²) in [6.45, 7) is 2.94. The molecule has 1 aliphatic rings. The van der Waals surface area contributed by atoms with Gasteiger partial charge in [-0.15, -0.1) is 0 Å². The zero-order valence-corrected chi connectivity index (χ0v) is 12.1. The molecule has 1 N–H and O–H groups in total. The Hall–Kier alpha value is -2.24. The zero-order chi connectivity index (χ0) is 15.9. The van der Waals surface area contributed by atoms with E-state index in [1.807, 2.05) is 17.9 Å². The highest BCUT2D eigenvalue weighted by molar-refractivity contribution is 6.03. The number of hydrogen-bond donors (Lipinski definition) is 1. The average Bonchev–Trinajstić information content (AvgIpc) is 2.42. The third-order valence-corrected chi connectivity index (χ3v) is 4.11. The summed E-state index contributed by atoms with van der Waals surface area (Å²) in [6, 6.07) is 6.85. The van der Waals surface area contributed by atoms with Crippen LogP contribution in [0, 0.1) is 5.41 Å². The lowest BCUT2D eigenvalue weighted by atomic mass is 9.78. The van der Waals surface area contributed by atoms with Gasteiger partial charge < -0.3 is 10.0 Å². The van der Waals surface area contributed by atoms with Crippen molar-refractivity contribution in [2.75, 3.05) is 18.0 Å². The number of benzene rings is 1. The summed E-state index contributed by atoms with van der Waals surface area (Å²) < 4.78 is 25.1. The fourth-order valence-electron chi connectivity index (χ4n) is 3.08. The Morgan fingerprint density at radius 3 is 2.77 bits per heavy atom. The molecule has 0 amide bonds. The summed E-state index contributed by atoms with van der Waals surface area (Å²) in [6.07, 6.45) is -0.945. The number of anilines is 1. The molecular formula is C16H16F2N2O2. The van der Waals surface area contributed by atoms with Crippen molar-refractivity contribution >= 4 is 22.6 Å². The van der Waals surface area contributed by atoms with Gasteiger partial charge in [0.05, 0.1) is 11.1 Å². The minimum atomic E-state index is -2.30. The monoisotopic (exact) mass is 306 g/mol. The predicted octanol–water partition coefficient (Wildman–Crippen LogP) is 3.41. The maximum absolute atomic E-state index is 12.5. The number of nitrogens with zero attached hydrogens (tertiary/aromatic N) is 2. The Balaban J connectivity index is 1.88. The second kappa shape index (κ2) is 5.19. The van der Waals surface area contributed by atoms with Gasteiger partial charge in [0.25, 0.3) is 0 Å². The minimum absolute atomic E-state index is 0.112. The van der Waals surface area contributed by atoms with Crippen molar-refractivity contribution in [1.82, 2.24) is 4.98 Å². The van der Waals surface area contributed by atoms with Crippen molar-refractivity contribution in [3.8, 4) is 0 Å². The molecule has 1 saturated heterocycles. The van der Waals surface area contributed by atoms with Gasteiger partial charge in [-0.2, -0.15) is 0 Å². The van der Waals surface area contributed by atoms with Crippen LogP contribution in [0.2, 0.25) is 0 Å². The van der Waals surface area contributed by atoms with E-state index in [0.717, 1.165) is 5.69 Å². The van der Waals surface area contributed by atoms with E-state index in [9.17, 15) is 18.7 Å². The van der Waals surface area contributed by atoms with Crippen LogP contribution >= 0.6 is 0 Å². The van der Waals surface area contributed by atoms with E-state index in [1.54, 1.807) is 12.1 Å². The van der Waals surface area contributed by atoms with Crippen molar-refractivity contribution in [3.63, 3.8) is 0 Å². The van der Waals surface area contributed by atoms with Gasteiger partial charge in [0.1, 0.15) is 0 Å². The molecule has 0 bridgehead atoms. The summed E-state index contributed by atoms with van der Waals surface area (Å²) >= 11 is 0. The quantitative estimate of drug-likeness (QED) is 0.940. The number of aromatic carboxylic acids is 1. The Labute approximate surface area is 126 Å². The van der Waals surface area contributed by atoms with Gasteiger partial charge in [-0.1, -0.05) is 6.92 Å². The highest BCUT2D eigenvalue weighted by atomic mass is 19.3. The topological polar surface area (TPSA) is 53.4 Å². The van der Waals surface area contributed by atoms with Crippen molar-refractivity contribution < 1.29 is 18.7 Å². The van der Waals surface area contributed by atoms with Crippen LogP contribution in [0.3, 0.4) is 0 Å². The standard InChI is InChI=1S/C16H16F2N2O2/c1-16(7-14(17)18)8-20(9-16)10-2-3-13-12(6-10)11(15(21)22)4-5-19-13/h2-6,14H,7-9H2,1H3,(H,21,22). The molecule has 0 aliphatic carbocycles. The fraction of sp³-hybridized carbons (Fsp3) is 0.375. The lowest BCUT2D eigenvalue weighted by Crippen LogP contribution is -2.55. The molecule has 0 atom stereocenters. The number of fused-ring (bicyclic) bond motifs is 1. The first kappa shape index (κ1) is 14.7. The molecule has 1 aromatic carbocycles. The lowest BCUT2D eigenvalue weighted by Gasteiger charge is -2.49. The van der Waals surface area contributed by atoms with Crippen LogP contribution in [0.5, 0.6) is 0 Å². The van der Waals surface area contributed by atoms with E-state index in [2.05, 4.69) is 4.98 Å². The van der Waals surface area contributed by atoms with Crippen LogP contribution in [0.25, 0.3) is 10.9 Å². The first-order chi connectivity index (χ1) is 10.4. The summed E-state index contributed by atoms with van der Waals surface area (Å²) in [5.74, 6) is -1.00. The van der Waals surface area contributed by atoms with Crippen molar-refractivity contribution in [2.24, 2.45) is 5.41 Å². The Morgan fingerprint density at radius 1 is 1.41 bits per heavy atom. The number of halogens is 2. The van der Waals surface area contributed by atoms with Crippen LogP contribution in [-0.2, 0) is 0 Å². The van der Waals surface area contributed by atoms with Crippen LogP contribution < -0.4 is 4.90 Å². The van der Waals surface area contributed by atoms with Crippen LogP contribution in [0.15, 0.2) is 30.5 Å². The molecule has 6 heteroatoms. The number of rotatable bonds is 4. The third-order valence-electron chi connectivity index (χ3n) is 4.11. The van der Waals surface area contributed by atoms with Gasteiger partial charge in [-0.05, 0) is 24.3 Å². The number of hydrogen-bond acceptors (Lipinski definition) is 3. The van der Waals surface area contributed by atoms with Gasteiger partial charge in [-0.3, -0.25) is 4.98 Å². The summed E-state index contributed by atoms with van der Waals surface area (Å²) in [4.78, 5) is 17.4. The first-order valence-electron chi connectivity index (χ1n) is 7.03. The number of carbonyl (C=O) groups is 1. The van der Waals surface area contributed by atoms with E-state index in [-0.39, 0.29) is 17.4 Å². The molecule has 4 nitrogen and oxygen atoms in total. The second-order valence-corrected chi connectivity index (χ2v) is 6.13. The Kier molecular flexibility index (Phi) is 3.47. The molecule has 0 unspecified atom stereocenters. The van der Waals surface area contributed by atoms with E-state index < -0.39 is 12.4 Å². The van der Waals surface area contributed by atoms with Crippen LogP contribution in [0.1, 0.15) is 23.7 Å². The van der Waals surface area contributed by atoms with E-state index in [1.165, 1.54) is 12.3 Å². The molecule has 2 heterocycles. The SMILES string of the molecule is CC1(CC(F)F)CN(c2ccc3nccc(C(=O)O)c3c2)C1. The largest absolute Gasteiger partial charge is 0.478 e. The Morgan fingerprint density at radius 2 is 2.14 bits per heavy atom. The van der Waals surface area contributed by atoms with Crippen LogP contribution in [-0.4, -0.2) is 35.6 Å². The molecule has 22 heavy (non-hydrogen) atoms. The molecule has 3 rings (SSSR count). The van der Waals surface area contributed by atoms with E-state index >= 15 is 0 Å². The molecule has 116 valence electrons. The van der Waals surface area contributed by atoms with Crippen LogP contribution in [0.4, 0.5) is 14.5 Å². The predicted molar refractivity (Wildman–Crippen MR) is 79.6 cm³/mol. The van der Waals surface area contributed by atoms with Gasteiger partial charge in [-0.25, -0.2) is 13.6 Å². The highest BCUT2D eigenvalue weighted by Crippen LogP contribution is 2.39. The molecular weight excluding hydrogens is 290 g/mol.